The van der Waals surface area contributed by atoms with Crippen LogP contribution in [0.5, 0.6) is 11.5 Å². The number of anilines is 2. The van der Waals surface area contributed by atoms with E-state index in [1.165, 1.54) is 5.56 Å². The molecule has 1 aliphatic heterocycles. The quantitative estimate of drug-likeness (QED) is 0.891. The van der Waals surface area contributed by atoms with Crippen LogP contribution in [0.15, 0.2) is 24.3 Å². The Morgan fingerprint density at radius 1 is 1.14 bits per heavy atom. The first-order chi connectivity index (χ1) is 10.2. The van der Waals surface area contributed by atoms with Crippen molar-refractivity contribution in [3.8, 4) is 11.5 Å². The second-order valence-electron chi connectivity index (χ2n) is 4.88. The molecule has 0 aliphatic carbocycles. The summed E-state index contributed by atoms with van der Waals surface area (Å²) in [5, 5.41) is 3.25. The first kappa shape index (κ1) is 13.5. The van der Waals surface area contributed by atoms with Crippen LogP contribution in [0.3, 0.4) is 0 Å². The number of aryl methyl sites for hydroxylation is 1. The van der Waals surface area contributed by atoms with Gasteiger partial charge in [-0.3, -0.25) is 0 Å². The average molecular weight is 286 g/mol. The van der Waals surface area contributed by atoms with Gasteiger partial charge in [0.1, 0.15) is 30.7 Å². The summed E-state index contributed by atoms with van der Waals surface area (Å²) < 4.78 is 11.1. The minimum Gasteiger partial charge on any atom is -0.486 e. The maximum absolute atomic E-state index is 5.70. The maximum Gasteiger partial charge on any atom is 0.161 e. The zero-order valence-electron chi connectivity index (χ0n) is 11.9. The number of nitrogen functional groups attached to an aromatic ring is 1. The third-order valence-corrected chi connectivity index (χ3v) is 3.18. The van der Waals surface area contributed by atoms with Gasteiger partial charge in [0.15, 0.2) is 11.5 Å². The number of fused-ring (bicyclic) bond motifs is 1. The number of ether oxygens (including phenoxy) is 2. The Hall–Kier alpha value is -2.50. The molecule has 21 heavy (non-hydrogen) atoms. The first-order valence-electron chi connectivity index (χ1n) is 6.94. The van der Waals surface area contributed by atoms with Crippen molar-refractivity contribution >= 4 is 11.6 Å². The Bertz CT molecular complexity index is 625. The number of nitrogens with one attached hydrogen (secondary N) is 1. The molecule has 3 N–H and O–H groups in total. The summed E-state index contributed by atoms with van der Waals surface area (Å²) in [6, 6.07) is 7.76. The van der Waals surface area contributed by atoms with Crippen molar-refractivity contribution < 1.29 is 9.47 Å². The molecular formula is C15H18N4O2. The van der Waals surface area contributed by atoms with Gasteiger partial charge in [-0.15, -0.1) is 0 Å². The second-order valence-corrected chi connectivity index (χ2v) is 4.88. The molecule has 6 heteroatoms. The van der Waals surface area contributed by atoms with Gasteiger partial charge in [0, 0.05) is 12.6 Å². The van der Waals surface area contributed by atoms with Crippen molar-refractivity contribution in [2.24, 2.45) is 0 Å². The normalized spacial score (nSPS) is 13.0. The van der Waals surface area contributed by atoms with Gasteiger partial charge >= 0.3 is 0 Å². The number of nitrogens with zero attached hydrogens (tertiary/aromatic N) is 2. The molecule has 0 amide bonds. The highest BCUT2D eigenvalue weighted by Gasteiger charge is 2.11. The van der Waals surface area contributed by atoms with Gasteiger partial charge in [-0.1, -0.05) is 6.07 Å². The fourth-order valence-electron chi connectivity index (χ4n) is 2.26. The van der Waals surface area contributed by atoms with Crippen LogP contribution in [0.25, 0.3) is 0 Å². The standard InChI is InChI=1S/C15H18N4O2/c1-10-18-14(16)9-15(19-10)17-5-4-11-2-3-12-13(8-11)21-7-6-20-12/h2-3,8-9H,4-7H2,1H3,(H3,16,17,18,19). The summed E-state index contributed by atoms with van der Waals surface area (Å²) in [7, 11) is 0. The SMILES string of the molecule is Cc1nc(N)cc(NCCc2ccc3c(c2)OCCO3)n1. The van der Waals surface area contributed by atoms with Crippen LogP contribution < -0.4 is 20.5 Å². The van der Waals surface area contributed by atoms with Crippen molar-refractivity contribution in [1.29, 1.82) is 0 Å². The van der Waals surface area contributed by atoms with Gasteiger partial charge in [0.25, 0.3) is 0 Å². The van der Waals surface area contributed by atoms with E-state index in [2.05, 4.69) is 21.4 Å². The van der Waals surface area contributed by atoms with E-state index in [0.29, 0.717) is 24.9 Å². The number of benzene rings is 1. The van der Waals surface area contributed by atoms with Gasteiger partial charge in [-0.25, -0.2) is 9.97 Å². The summed E-state index contributed by atoms with van der Waals surface area (Å²) in [6.45, 7) is 3.80. The molecule has 0 spiro atoms. The first-order valence-corrected chi connectivity index (χ1v) is 6.94. The number of aromatic nitrogens is 2. The molecule has 0 unspecified atom stereocenters. The highest BCUT2D eigenvalue weighted by atomic mass is 16.6. The van der Waals surface area contributed by atoms with Crippen LogP contribution in [0.2, 0.25) is 0 Å². The highest BCUT2D eigenvalue weighted by Crippen LogP contribution is 2.30. The van der Waals surface area contributed by atoms with E-state index < -0.39 is 0 Å². The minimum absolute atomic E-state index is 0.476. The minimum atomic E-state index is 0.476. The molecule has 0 radical (unpaired) electrons. The van der Waals surface area contributed by atoms with Crippen molar-refractivity contribution in [3.05, 3.63) is 35.7 Å². The van der Waals surface area contributed by atoms with E-state index in [0.717, 1.165) is 30.3 Å². The third-order valence-electron chi connectivity index (χ3n) is 3.18. The van der Waals surface area contributed by atoms with E-state index in [1.54, 1.807) is 6.07 Å². The van der Waals surface area contributed by atoms with Crippen LogP contribution in [0.4, 0.5) is 11.6 Å². The Morgan fingerprint density at radius 3 is 2.76 bits per heavy atom. The van der Waals surface area contributed by atoms with Crippen molar-refractivity contribution in [1.82, 2.24) is 9.97 Å². The zero-order valence-corrected chi connectivity index (χ0v) is 11.9. The lowest BCUT2D eigenvalue weighted by atomic mass is 10.1. The van der Waals surface area contributed by atoms with Crippen LogP contribution >= 0.6 is 0 Å². The largest absolute Gasteiger partial charge is 0.486 e. The second kappa shape index (κ2) is 5.87. The van der Waals surface area contributed by atoms with E-state index in [4.69, 9.17) is 15.2 Å². The summed E-state index contributed by atoms with van der Waals surface area (Å²) in [5.41, 5.74) is 6.88. The smallest absolute Gasteiger partial charge is 0.161 e. The predicted octanol–water partition coefficient (Wildman–Crippen LogP) is 1.79. The highest BCUT2D eigenvalue weighted by molar-refractivity contribution is 5.46. The lowest BCUT2D eigenvalue weighted by Gasteiger charge is -2.18. The van der Waals surface area contributed by atoms with E-state index >= 15 is 0 Å². The third kappa shape index (κ3) is 3.34. The van der Waals surface area contributed by atoms with Gasteiger partial charge in [0.2, 0.25) is 0 Å². The average Bonchev–Trinajstić information content (AvgIpc) is 2.46. The molecule has 1 aromatic heterocycles. The van der Waals surface area contributed by atoms with Crippen molar-refractivity contribution in [2.45, 2.75) is 13.3 Å². The summed E-state index contributed by atoms with van der Waals surface area (Å²) in [4.78, 5) is 8.33. The van der Waals surface area contributed by atoms with Gasteiger partial charge in [-0.2, -0.15) is 0 Å². The zero-order chi connectivity index (χ0) is 14.7. The number of rotatable bonds is 4. The number of hydrogen-bond acceptors (Lipinski definition) is 6. The Morgan fingerprint density at radius 2 is 1.95 bits per heavy atom. The van der Waals surface area contributed by atoms with Crippen LogP contribution in [-0.2, 0) is 6.42 Å². The molecule has 110 valence electrons. The van der Waals surface area contributed by atoms with Gasteiger partial charge in [-0.05, 0) is 31.0 Å². The Kier molecular flexibility index (Phi) is 3.77. The molecule has 0 atom stereocenters. The summed E-state index contributed by atoms with van der Waals surface area (Å²) in [5.74, 6) is 3.52. The Labute approximate surface area is 123 Å². The van der Waals surface area contributed by atoms with Crippen molar-refractivity contribution in [3.63, 3.8) is 0 Å². The molecule has 1 aliphatic rings. The molecule has 0 fully saturated rings. The monoisotopic (exact) mass is 286 g/mol. The number of hydrogen-bond donors (Lipinski definition) is 2. The van der Waals surface area contributed by atoms with Crippen LogP contribution in [0, 0.1) is 6.92 Å². The lowest BCUT2D eigenvalue weighted by Crippen LogP contribution is -2.15. The van der Waals surface area contributed by atoms with E-state index in [-0.39, 0.29) is 0 Å². The summed E-state index contributed by atoms with van der Waals surface area (Å²) >= 11 is 0. The van der Waals surface area contributed by atoms with Gasteiger partial charge in [0.05, 0.1) is 0 Å². The van der Waals surface area contributed by atoms with Crippen LogP contribution in [0.1, 0.15) is 11.4 Å². The molecule has 0 bridgehead atoms. The molecule has 3 rings (SSSR count). The van der Waals surface area contributed by atoms with Crippen LogP contribution in [-0.4, -0.2) is 29.7 Å². The Balaban J connectivity index is 1.60. The fourth-order valence-corrected chi connectivity index (χ4v) is 2.26. The lowest BCUT2D eigenvalue weighted by molar-refractivity contribution is 0.171. The molecule has 2 aromatic rings. The molecule has 6 nitrogen and oxygen atoms in total. The predicted molar refractivity (Wildman–Crippen MR) is 80.8 cm³/mol. The van der Waals surface area contributed by atoms with E-state index in [9.17, 15) is 0 Å². The maximum atomic E-state index is 5.70. The molecule has 2 heterocycles. The molecular weight excluding hydrogens is 268 g/mol. The van der Waals surface area contributed by atoms with Crippen molar-refractivity contribution in [2.75, 3.05) is 30.8 Å². The van der Waals surface area contributed by atoms with E-state index in [1.807, 2.05) is 19.1 Å². The molecule has 0 saturated carbocycles. The summed E-state index contributed by atoms with van der Waals surface area (Å²) in [6.07, 6.45) is 0.861. The topological polar surface area (TPSA) is 82.3 Å². The van der Waals surface area contributed by atoms with Gasteiger partial charge < -0.3 is 20.5 Å². The molecule has 1 aromatic carbocycles. The molecule has 0 saturated heterocycles. The number of nitrogens with two attached hydrogens (primary N) is 1. The fraction of sp³-hybridized carbons (Fsp3) is 0.333.